The molecule has 0 aliphatic rings. The Morgan fingerprint density at radius 3 is 2.60 bits per heavy atom. The van der Waals surface area contributed by atoms with E-state index in [0.717, 1.165) is 11.6 Å². The van der Waals surface area contributed by atoms with Gasteiger partial charge in [-0.25, -0.2) is 4.39 Å². The largest absolute Gasteiger partial charge is 0.394 e. The molecule has 0 bridgehead atoms. The summed E-state index contributed by atoms with van der Waals surface area (Å²) in [5.41, 5.74) is 0.982. The maximum absolute atomic E-state index is 13.2. The molecule has 1 atom stereocenters. The highest BCUT2D eigenvalue weighted by molar-refractivity contribution is 9.10. The highest BCUT2D eigenvalue weighted by atomic mass is 79.9. The van der Waals surface area contributed by atoms with Crippen LogP contribution in [-0.4, -0.2) is 17.6 Å². The van der Waals surface area contributed by atoms with Gasteiger partial charge in [0.1, 0.15) is 5.82 Å². The van der Waals surface area contributed by atoms with Gasteiger partial charge in [0.15, 0.2) is 0 Å². The molecule has 2 N–H and O–H groups in total. The van der Waals surface area contributed by atoms with Gasteiger partial charge in [-0.2, -0.15) is 0 Å². The van der Waals surface area contributed by atoms with Gasteiger partial charge >= 0.3 is 0 Å². The Morgan fingerprint density at radius 2 is 1.95 bits per heavy atom. The van der Waals surface area contributed by atoms with Crippen LogP contribution in [0.4, 0.5) is 4.39 Å². The molecule has 2 aromatic rings. The second kappa shape index (κ2) is 6.63. The van der Waals surface area contributed by atoms with E-state index in [0.29, 0.717) is 4.47 Å². The standard InChI is InChI=1S/C15H13BrFNO2/c16-13-7-6-11(17)8-12(13)15(20)18-14(9-19)10-4-2-1-3-5-10/h1-8,14,19H,9H2,(H,18,20)/t14-/m1/s1. The van der Waals surface area contributed by atoms with Crippen molar-refractivity contribution >= 4 is 21.8 Å². The number of hydrogen-bond donors (Lipinski definition) is 2. The van der Waals surface area contributed by atoms with Crippen LogP contribution in [-0.2, 0) is 0 Å². The summed E-state index contributed by atoms with van der Waals surface area (Å²) in [6.07, 6.45) is 0. The third kappa shape index (κ3) is 3.43. The van der Waals surface area contributed by atoms with Crippen LogP contribution in [0.3, 0.4) is 0 Å². The second-order valence-corrected chi connectivity index (χ2v) is 5.10. The molecule has 20 heavy (non-hydrogen) atoms. The monoisotopic (exact) mass is 337 g/mol. The van der Waals surface area contributed by atoms with Crippen LogP contribution in [0.15, 0.2) is 53.0 Å². The lowest BCUT2D eigenvalue weighted by molar-refractivity contribution is 0.0915. The van der Waals surface area contributed by atoms with Gasteiger partial charge in [0.2, 0.25) is 0 Å². The number of benzene rings is 2. The summed E-state index contributed by atoms with van der Waals surface area (Å²) < 4.78 is 13.7. The predicted octanol–water partition coefficient (Wildman–Crippen LogP) is 3.05. The van der Waals surface area contributed by atoms with Crippen molar-refractivity contribution in [2.24, 2.45) is 0 Å². The first-order chi connectivity index (χ1) is 9.61. The fraction of sp³-hybridized carbons (Fsp3) is 0.133. The Morgan fingerprint density at radius 1 is 1.25 bits per heavy atom. The fourth-order valence-electron chi connectivity index (χ4n) is 1.83. The predicted molar refractivity (Wildman–Crippen MR) is 77.8 cm³/mol. The molecule has 0 saturated heterocycles. The number of rotatable bonds is 4. The SMILES string of the molecule is O=C(N[C@H](CO)c1ccccc1)c1cc(F)ccc1Br. The summed E-state index contributed by atoms with van der Waals surface area (Å²) in [5, 5.41) is 12.1. The minimum absolute atomic E-state index is 0.194. The smallest absolute Gasteiger partial charge is 0.253 e. The summed E-state index contributed by atoms with van der Waals surface area (Å²) in [6, 6.07) is 12.5. The Balaban J connectivity index is 2.20. The first kappa shape index (κ1) is 14.7. The molecule has 1 amide bonds. The van der Waals surface area contributed by atoms with Gasteiger partial charge in [-0.3, -0.25) is 4.79 Å². The molecule has 0 radical (unpaired) electrons. The number of carbonyl (C=O) groups is 1. The normalized spacial score (nSPS) is 11.9. The van der Waals surface area contributed by atoms with Crippen LogP contribution in [0.5, 0.6) is 0 Å². The lowest BCUT2D eigenvalue weighted by atomic mass is 10.1. The van der Waals surface area contributed by atoms with E-state index in [1.54, 1.807) is 0 Å². The number of aliphatic hydroxyl groups excluding tert-OH is 1. The van der Waals surface area contributed by atoms with Gasteiger partial charge in [-0.05, 0) is 39.7 Å². The summed E-state index contributed by atoms with van der Waals surface area (Å²) in [7, 11) is 0. The van der Waals surface area contributed by atoms with Crippen molar-refractivity contribution in [1.29, 1.82) is 0 Å². The van der Waals surface area contributed by atoms with Gasteiger partial charge in [0.25, 0.3) is 5.91 Å². The average molecular weight is 338 g/mol. The second-order valence-electron chi connectivity index (χ2n) is 4.24. The number of halogens is 2. The van der Waals surface area contributed by atoms with Gasteiger partial charge in [0, 0.05) is 4.47 Å². The topological polar surface area (TPSA) is 49.3 Å². The molecule has 0 fully saturated rings. The molecule has 5 heteroatoms. The molecule has 0 spiro atoms. The zero-order valence-electron chi connectivity index (χ0n) is 10.5. The summed E-state index contributed by atoms with van der Waals surface area (Å²) in [4.78, 5) is 12.1. The van der Waals surface area contributed by atoms with Crippen molar-refractivity contribution in [1.82, 2.24) is 5.32 Å². The van der Waals surface area contributed by atoms with Crippen LogP contribution < -0.4 is 5.32 Å². The van der Waals surface area contributed by atoms with Crippen LogP contribution in [0, 0.1) is 5.82 Å². The maximum Gasteiger partial charge on any atom is 0.253 e. The van der Waals surface area contributed by atoms with E-state index in [-0.39, 0.29) is 12.2 Å². The Hall–Kier alpha value is -1.72. The molecular formula is C15H13BrFNO2. The van der Waals surface area contributed by atoms with Crippen molar-refractivity contribution < 1.29 is 14.3 Å². The Bertz CT molecular complexity index is 604. The maximum atomic E-state index is 13.2. The molecule has 0 unspecified atom stereocenters. The first-order valence-electron chi connectivity index (χ1n) is 6.03. The number of carbonyl (C=O) groups excluding carboxylic acids is 1. The van der Waals surface area contributed by atoms with E-state index >= 15 is 0 Å². The minimum Gasteiger partial charge on any atom is -0.394 e. The summed E-state index contributed by atoms with van der Waals surface area (Å²) in [6.45, 7) is -0.233. The molecule has 0 saturated carbocycles. The number of aliphatic hydroxyl groups is 1. The summed E-state index contributed by atoms with van der Waals surface area (Å²) in [5.74, 6) is -0.933. The van der Waals surface area contributed by atoms with Gasteiger partial charge < -0.3 is 10.4 Å². The number of hydrogen-bond acceptors (Lipinski definition) is 2. The van der Waals surface area contributed by atoms with Crippen molar-refractivity contribution in [2.75, 3.05) is 6.61 Å². The van der Waals surface area contributed by atoms with E-state index < -0.39 is 17.8 Å². The van der Waals surface area contributed by atoms with Crippen molar-refractivity contribution in [3.8, 4) is 0 Å². The quantitative estimate of drug-likeness (QED) is 0.900. The molecule has 0 aliphatic carbocycles. The molecule has 3 nitrogen and oxygen atoms in total. The minimum atomic E-state index is -0.529. The zero-order chi connectivity index (χ0) is 14.5. The Kier molecular flexibility index (Phi) is 4.87. The molecule has 104 valence electrons. The van der Waals surface area contributed by atoms with Crippen LogP contribution in [0.2, 0.25) is 0 Å². The van der Waals surface area contributed by atoms with Crippen molar-refractivity contribution in [3.63, 3.8) is 0 Å². The number of amides is 1. The molecule has 0 heterocycles. The van der Waals surface area contributed by atoms with Crippen molar-refractivity contribution in [3.05, 3.63) is 69.9 Å². The van der Waals surface area contributed by atoms with E-state index in [9.17, 15) is 14.3 Å². The van der Waals surface area contributed by atoms with Crippen LogP contribution in [0.25, 0.3) is 0 Å². The molecule has 2 aromatic carbocycles. The number of nitrogens with one attached hydrogen (secondary N) is 1. The summed E-state index contributed by atoms with van der Waals surface area (Å²) >= 11 is 3.21. The van der Waals surface area contributed by atoms with Crippen LogP contribution >= 0.6 is 15.9 Å². The van der Waals surface area contributed by atoms with E-state index in [1.807, 2.05) is 30.3 Å². The van der Waals surface area contributed by atoms with Gasteiger partial charge in [0.05, 0.1) is 18.2 Å². The van der Waals surface area contributed by atoms with Gasteiger partial charge in [-0.15, -0.1) is 0 Å². The van der Waals surface area contributed by atoms with Gasteiger partial charge in [-0.1, -0.05) is 30.3 Å². The molecule has 0 aromatic heterocycles. The fourth-order valence-corrected chi connectivity index (χ4v) is 2.25. The molecular weight excluding hydrogens is 325 g/mol. The Labute approximate surface area is 124 Å². The van der Waals surface area contributed by atoms with Crippen LogP contribution in [0.1, 0.15) is 22.0 Å². The highest BCUT2D eigenvalue weighted by Gasteiger charge is 2.17. The lowest BCUT2D eigenvalue weighted by Crippen LogP contribution is -2.31. The lowest BCUT2D eigenvalue weighted by Gasteiger charge is -2.17. The van der Waals surface area contributed by atoms with E-state index in [2.05, 4.69) is 21.2 Å². The zero-order valence-corrected chi connectivity index (χ0v) is 12.1. The third-order valence-corrected chi connectivity index (χ3v) is 3.55. The molecule has 2 rings (SSSR count). The first-order valence-corrected chi connectivity index (χ1v) is 6.83. The highest BCUT2D eigenvalue weighted by Crippen LogP contribution is 2.19. The van der Waals surface area contributed by atoms with Crippen molar-refractivity contribution in [2.45, 2.75) is 6.04 Å². The molecule has 0 aliphatic heterocycles. The van der Waals surface area contributed by atoms with E-state index in [4.69, 9.17) is 0 Å². The average Bonchev–Trinajstić information content (AvgIpc) is 2.48. The third-order valence-electron chi connectivity index (χ3n) is 2.86. The van der Waals surface area contributed by atoms with E-state index in [1.165, 1.54) is 12.1 Å².